The van der Waals surface area contributed by atoms with E-state index in [9.17, 15) is 19.5 Å². The number of hydrogen-bond acceptors (Lipinski definition) is 6. The number of ketones is 1. The van der Waals surface area contributed by atoms with Gasteiger partial charge in [0, 0.05) is 34.8 Å². The van der Waals surface area contributed by atoms with Gasteiger partial charge >= 0.3 is 5.97 Å². The van der Waals surface area contributed by atoms with E-state index in [0.717, 1.165) is 38.5 Å². The lowest BCUT2D eigenvalue weighted by Crippen LogP contribution is -2.70. The van der Waals surface area contributed by atoms with Crippen LogP contribution in [0.15, 0.2) is 23.8 Å². The molecular formula is C34H49F2O5S. The minimum atomic E-state index is -2.24. The van der Waals surface area contributed by atoms with E-state index in [2.05, 4.69) is 6.92 Å². The van der Waals surface area contributed by atoms with Crippen LogP contribution in [0.4, 0.5) is 8.78 Å². The maximum atomic E-state index is 17.5. The van der Waals surface area contributed by atoms with Crippen LogP contribution in [0.3, 0.4) is 0 Å². The topological polar surface area (TPSA) is 80.7 Å². The molecule has 42 heavy (non-hydrogen) atoms. The molecule has 5 nitrogen and oxygen atoms in total. The maximum absolute atomic E-state index is 17.5. The third-order valence-corrected chi connectivity index (χ3v) is 12.2. The first-order valence-corrected chi connectivity index (χ1v) is 17.0. The Morgan fingerprint density at radius 1 is 1.10 bits per heavy atom. The molecule has 4 aliphatic carbocycles. The van der Waals surface area contributed by atoms with Gasteiger partial charge in [-0.05, 0) is 56.3 Å². The van der Waals surface area contributed by atoms with Crippen LogP contribution in [0.5, 0.6) is 0 Å². The van der Waals surface area contributed by atoms with Gasteiger partial charge < -0.3 is 9.84 Å². The average molecular weight is 608 g/mol. The van der Waals surface area contributed by atoms with E-state index in [1.807, 2.05) is 13.8 Å². The molecule has 1 radical (unpaired) electrons. The molecule has 3 saturated carbocycles. The molecule has 0 spiro atoms. The zero-order valence-corrected chi connectivity index (χ0v) is 26.6. The molecule has 4 aliphatic rings. The smallest absolute Gasteiger partial charge is 0.306 e. The van der Waals surface area contributed by atoms with Crippen LogP contribution in [0, 0.1) is 35.5 Å². The maximum Gasteiger partial charge on any atom is 0.306 e. The Bertz CT molecular complexity index is 1110. The third-order valence-electron chi connectivity index (χ3n) is 11.2. The van der Waals surface area contributed by atoms with Crippen molar-refractivity contribution in [3.8, 4) is 0 Å². The predicted molar refractivity (Wildman–Crippen MR) is 162 cm³/mol. The first-order chi connectivity index (χ1) is 19.8. The average Bonchev–Trinajstić information content (AvgIpc) is 3.16. The summed E-state index contributed by atoms with van der Waals surface area (Å²) in [4.78, 5) is 39.2. The first kappa shape index (κ1) is 33.4. The predicted octanol–water partition coefficient (Wildman–Crippen LogP) is 7.46. The Hall–Kier alpha value is -1.54. The summed E-state index contributed by atoms with van der Waals surface area (Å²) >= 11 is 1.17. The van der Waals surface area contributed by atoms with Gasteiger partial charge in [0.1, 0.15) is 6.17 Å². The minimum Gasteiger partial charge on any atom is -0.449 e. The van der Waals surface area contributed by atoms with Crippen LogP contribution in [-0.4, -0.2) is 51.3 Å². The van der Waals surface area contributed by atoms with Crippen LogP contribution >= 0.6 is 11.8 Å². The van der Waals surface area contributed by atoms with Gasteiger partial charge in [-0.1, -0.05) is 90.5 Å². The lowest BCUT2D eigenvalue weighted by molar-refractivity contribution is -0.228. The second-order valence-corrected chi connectivity index (χ2v) is 14.6. The molecule has 0 aromatic heterocycles. The Labute approximate surface area is 254 Å². The summed E-state index contributed by atoms with van der Waals surface area (Å²) in [6.45, 7) is 10.8. The molecule has 0 saturated heterocycles. The van der Waals surface area contributed by atoms with Gasteiger partial charge in [0.2, 0.25) is 5.12 Å². The van der Waals surface area contributed by atoms with Crippen molar-refractivity contribution in [1.82, 2.24) is 0 Å². The summed E-state index contributed by atoms with van der Waals surface area (Å²) in [7, 11) is 0. The van der Waals surface area contributed by atoms with Crippen LogP contribution < -0.4 is 0 Å². The number of halogens is 2. The summed E-state index contributed by atoms with van der Waals surface area (Å²) in [5.74, 6) is -2.17. The highest BCUT2D eigenvalue weighted by atomic mass is 32.2. The number of esters is 1. The lowest BCUT2D eigenvalue weighted by atomic mass is 9.44. The number of carbonyl (C=O) groups excluding carboxylic acids is 3. The fourth-order valence-electron chi connectivity index (χ4n) is 8.90. The largest absolute Gasteiger partial charge is 0.449 e. The summed E-state index contributed by atoms with van der Waals surface area (Å²) < 4.78 is 39.5. The van der Waals surface area contributed by atoms with Crippen molar-refractivity contribution in [3.63, 3.8) is 0 Å². The van der Waals surface area contributed by atoms with Crippen molar-refractivity contribution in [3.05, 3.63) is 30.7 Å². The summed E-state index contributed by atoms with van der Waals surface area (Å²) in [6.07, 6.45) is 9.54. The molecule has 235 valence electrons. The lowest BCUT2D eigenvalue weighted by Gasteiger charge is -2.63. The molecule has 0 aliphatic heterocycles. The van der Waals surface area contributed by atoms with E-state index in [-0.39, 0.29) is 35.7 Å². The van der Waals surface area contributed by atoms with Crippen molar-refractivity contribution in [2.75, 3.05) is 5.75 Å². The van der Waals surface area contributed by atoms with E-state index in [1.165, 1.54) is 42.8 Å². The summed E-state index contributed by atoms with van der Waals surface area (Å²) in [5.41, 5.74) is -6.30. The number of thioether (sulfide) groups is 1. The van der Waals surface area contributed by atoms with Gasteiger partial charge in [-0.2, -0.15) is 0 Å². The van der Waals surface area contributed by atoms with Gasteiger partial charge in [-0.3, -0.25) is 14.4 Å². The molecular weight excluding hydrogens is 558 g/mol. The van der Waals surface area contributed by atoms with Gasteiger partial charge in [0.15, 0.2) is 17.1 Å². The number of rotatable bonds is 12. The zero-order valence-electron chi connectivity index (χ0n) is 25.8. The van der Waals surface area contributed by atoms with Crippen molar-refractivity contribution in [2.45, 2.75) is 128 Å². The Kier molecular flexibility index (Phi) is 10.2. The molecule has 0 unspecified atom stereocenters. The normalized spacial score (nSPS) is 40.6. The summed E-state index contributed by atoms with van der Waals surface area (Å²) in [6, 6.07) is 0. The van der Waals surface area contributed by atoms with Crippen LogP contribution in [-0.2, 0) is 19.1 Å². The monoisotopic (exact) mass is 607 g/mol. The number of aliphatic hydroxyl groups is 1. The number of ether oxygens (including phenoxy) is 1. The highest BCUT2D eigenvalue weighted by Gasteiger charge is 2.78. The molecule has 0 heterocycles. The zero-order chi connectivity index (χ0) is 30.9. The first-order valence-electron chi connectivity index (χ1n) is 16.0. The number of carbonyl (C=O) groups is 3. The molecule has 0 aromatic rings. The molecule has 0 aromatic carbocycles. The second kappa shape index (κ2) is 12.8. The number of aliphatic hydroxyl groups excluding tert-OH is 1. The van der Waals surface area contributed by atoms with Crippen molar-refractivity contribution in [2.24, 2.45) is 28.6 Å². The molecule has 8 heteroatoms. The summed E-state index contributed by atoms with van der Waals surface area (Å²) in [5, 5.41) is 11.4. The minimum absolute atomic E-state index is 0.0696. The number of unbranched alkanes of at least 4 members (excludes halogenated alkanes) is 7. The molecule has 0 bridgehead atoms. The number of alkyl halides is 2. The van der Waals surface area contributed by atoms with E-state index < -0.39 is 58.1 Å². The number of allylic oxidation sites excluding steroid dienone is 4. The standard InChI is InChI=1S/C34H49F2O5S/c1-6-8-9-10-11-12-13-14-17-42-30(40)34(41-29(39)7-2)22(3)18-24-25-20-27(35)26-19-23(37)15-16-31(26,4)33(25,36)28(38)21-32(24,34)5/h15-16,19,22,24-25,27-28,38H,1,6-14,17-18,20-21H2,2-5H3/t22-,24+,25+,27+,28+,31+,32+,33+,34+/m1/s1. The number of hydrogen-bond donors (Lipinski definition) is 1. The van der Waals surface area contributed by atoms with Crippen LogP contribution in [0.25, 0.3) is 0 Å². The fourth-order valence-corrected chi connectivity index (χ4v) is 10.1. The van der Waals surface area contributed by atoms with E-state index in [1.54, 1.807) is 13.8 Å². The highest BCUT2D eigenvalue weighted by Crippen LogP contribution is 2.72. The SMILES string of the molecule is [CH2]CCCCCCCCCSC(=O)[C@@]1(OC(=O)CC)[C@H](C)C[C@H]2[C@@H]3C[C@H](F)C4=CC(=O)C=C[C@]4(C)[C@@]3(F)[C@@H](O)C[C@@]21C. The van der Waals surface area contributed by atoms with Crippen LogP contribution in [0.1, 0.15) is 105 Å². The second-order valence-electron chi connectivity index (χ2n) is 13.5. The Morgan fingerprint density at radius 2 is 1.74 bits per heavy atom. The number of fused-ring (bicyclic) bond motifs is 5. The van der Waals surface area contributed by atoms with Gasteiger partial charge in [0.05, 0.1) is 6.10 Å². The van der Waals surface area contributed by atoms with Gasteiger partial charge in [-0.25, -0.2) is 8.78 Å². The van der Waals surface area contributed by atoms with Crippen molar-refractivity contribution in [1.29, 1.82) is 0 Å². The Balaban J connectivity index is 1.60. The van der Waals surface area contributed by atoms with E-state index in [0.29, 0.717) is 12.2 Å². The van der Waals surface area contributed by atoms with Crippen LogP contribution in [0.2, 0.25) is 0 Å². The Morgan fingerprint density at radius 3 is 2.38 bits per heavy atom. The fraction of sp³-hybridized carbons (Fsp3) is 0.765. The third kappa shape index (κ3) is 5.24. The molecule has 1 N–H and O–H groups in total. The molecule has 3 fully saturated rings. The van der Waals surface area contributed by atoms with Crippen molar-refractivity contribution < 1.29 is 33.0 Å². The quantitative estimate of drug-likeness (QED) is 0.183. The molecule has 0 amide bonds. The van der Waals surface area contributed by atoms with Gasteiger partial charge in [0.25, 0.3) is 0 Å². The molecule has 9 atom stereocenters. The van der Waals surface area contributed by atoms with Crippen molar-refractivity contribution >= 4 is 28.6 Å². The highest BCUT2D eigenvalue weighted by molar-refractivity contribution is 8.13. The van der Waals surface area contributed by atoms with Gasteiger partial charge in [-0.15, -0.1) is 0 Å². The molecule has 4 rings (SSSR count). The van der Waals surface area contributed by atoms with E-state index >= 15 is 8.78 Å². The van der Waals surface area contributed by atoms with E-state index in [4.69, 9.17) is 4.74 Å².